The summed E-state index contributed by atoms with van der Waals surface area (Å²) in [4.78, 5) is 0. The molecule has 96 valence electrons. The van der Waals surface area contributed by atoms with Crippen molar-refractivity contribution in [1.82, 2.24) is 0 Å². The molecule has 0 aromatic heterocycles. The summed E-state index contributed by atoms with van der Waals surface area (Å²) in [6.07, 6.45) is 0. The van der Waals surface area contributed by atoms with Crippen molar-refractivity contribution in [3.8, 4) is 11.5 Å². The van der Waals surface area contributed by atoms with Gasteiger partial charge in [0.05, 0.1) is 14.2 Å². The van der Waals surface area contributed by atoms with Gasteiger partial charge in [0.1, 0.15) is 11.5 Å². The Balaban J connectivity index is 3.66. The second-order valence-corrected chi connectivity index (χ2v) is 4.55. The molecular formula is C12H18O2S3. The van der Waals surface area contributed by atoms with Gasteiger partial charge in [0.2, 0.25) is 0 Å². The average molecular weight is 290 g/mol. The van der Waals surface area contributed by atoms with Crippen LogP contribution in [0.25, 0.3) is 0 Å². The predicted octanol–water partition coefficient (Wildman–Crippen LogP) is 3.30. The van der Waals surface area contributed by atoms with E-state index in [1.54, 1.807) is 14.2 Å². The van der Waals surface area contributed by atoms with Crippen LogP contribution in [0.5, 0.6) is 11.5 Å². The highest BCUT2D eigenvalue weighted by Crippen LogP contribution is 2.41. The molecule has 17 heavy (non-hydrogen) atoms. The molecule has 0 aliphatic carbocycles. The van der Waals surface area contributed by atoms with Crippen molar-refractivity contribution in [2.24, 2.45) is 0 Å². The molecule has 0 aliphatic rings. The zero-order valence-corrected chi connectivity index (χ0v) is 13.0. The lowest BCUT2D eigenvalue weighted by molar-refractivity contribution is 0.383. The molecule has 0 unspecified atom stereocenters. The Morgan fingerprint density at radius 1 is 0.765 bits per heavy atom. The number of benzene rings is 1. The van der Waals surface area contributed by atoms with Crippen molar-refractivity contribution in [3.05, 3.63) is 22.3 Å². The Morgan fingerprint density at radius 2 is 1.12 bits per heavy atom. The maximum atomic E-state index is 5.48. The van der Waals surface area contributed by atoms with E-state index >= 15 is 0 Å². The zero-order chi connectivity index (χ0) is 13.0. The van der Waals surface area contributed by atoms with Crippen molar-refractivity contribution in [1.29, 1.82) is 0 Å². The number of hydrogen-bond acceptors (Lipinski definition) is 5. The molecule has 0 aliphatic heterocycles. The number of hydrogen-bond donors (Lipinski definition) is 3. The molecule has 2 nitrogen and oxygen atoms in total. The molecule has 1 aromatic rings. The molecule has 0 saturated heterocycles. The molecule has 1 rings (SSSR count). The minimum absolute atomic E-state index is 0.564. The van der Waals surface area contributed by atoms with Gasteiger partial charge in [0, 0.05) is 33.9 Å². The van der Waals surface area contributed by atoms with Gasteiger partial charge in [-0.15, -0.1) is 0 Å². The second-order valence-electron chi connectivity index (χ2n) is 3.60. The molecule has 0 atom stereocenters. The molecule has 0 amide bonds. The van der Waals surface area contributed by atoms with Crippen LogP contribution in [0.2, 0.25) is 0 Å². The lowest BCUT2D eigenvalue weighted by Crippen LogP contribution is -2.05. The Hall–Kier alpha value is -0.130. The van der Waals surface area contributed by atoms with Crippen molar-refractivity contribution in [2.45, 2.75) is 24.2 Å². The van der Waals surface area contributed by atoms with Gasteiger partial charge in [-0.2, -0.15) is 37.9 Å². The summed E-state index contributed by atoms with van der Waals surface area (Å²) >= 11 is 13.1. The van der Waals surface area contributed by atoms with Crippen LogP contribution in [0.3, 0.4) is 0 Å². The second kappa shape index (κ2) is 6.71. The molecule has 0 radical (unpaired) electrons. The van der Waals surface area contributed by atoms with Gasteiger partial charge in [-0.1, -0.05) is 0 Å². The molecule has 1 aromatic carbocycles. The third-order valence-corrected chi connectivity index (χ3v) is 3.83. The Labute approximate surface area is 119 Å². The van der Waals surface area contributed by atoms with Crippen LogP contribution >= 0.6 is 37.9 Å². The van der Waals surface area contributed by atoms with Crippen LogP contribution in [0.1, 0.15) is 22.3 Å². The topological polar surface area (TPSA) is 18.5 Å². The fourth-order valence-corrected chi connectivity index (χ4v) is 3.06. The minimum Gasteiger partial charge on any atom is -0.496 e. The summed E-state index contributed by atoms with van der Waals surface area (Å²) in [5.74, 6) is 3.47. The smallest absolute Gasteiger partial charge is 0.130 e. The number of thiol groups is 3. The molecule has 5 heteroatoms. The van der Waals surface area contributed by atoms with Gasteiger partial charge >= 0.3 is 0 Å². The van der Waals surface area contributed by atoms with E-state index in [-0.39, 0.29) is 0 Å². The Kier molecular flexibility index (Phi) is 5.89. The fraction of sp³-hybridized carbons (Fsp3) is 0.500. The van der Waals surface area contributed by atoms with Crippen LogP contribution in [0, 0.1) is 6.92 Å². The Bertz CT molecular complexity index is 372. The van der Waals surface area contributed by atoms with Gasteiger partial charge in [0.15, 0.2) is 0 Å². The fourth-order valence-electron chi connectivity index (χ4n) is 2.01. The van der Waals surface area contributed by atoms with E-state index in [0.29, 0.717) is 17.3 Å². The normalized spacial score (nSPS) is 10.5. The molecule has 0 bridgehead atoms. The summed E-state index contributed by atoms with van der Waals surface area (Å²) in [6, 6.07) is 0. The van der Waals surface area contributed by atoms with Gasteiger partial charge < -0.3 is 9.47 Å². The highest BCUT2D eigenvalue weighted by atomic mass is 32.1. The molecule has 0 heterocycles. The third kappa shape index (κ3) is 2.66. The maximum absolute atomic E-state index is 5.48. The first kappa shape index (κ1) is 14.9. The molecule has 0 N–H and O–H groups in total. The number of rotatable bonds is 5. The van der Waals surface area contributed by atoms with Gasteiger partial charge in [-0.05, 0) is 12.5 Å². The summed E-state index contributed by atoms with van der Waals surface area (Å²) in [5.41, 5.74) is 4.28. The molecule has 0 spiro atoms. The minimum atomic E-state index is 0.564. The van der Waals surface area contributed by atoms with Crippen LogP contribution < -0.4 is 9.47 Å². The van der Waals surface area contributed by atoms with E-state index in [4.69, 9.17) is 9.47 Å². The van der Waals surface area contributed by atoms with Crippen LogP contribution in [-0.4, -0.2) is 14.2 Å². The summed E-state index contributed by atoms with van der Waals surface area (Å²) in [5, 5.41) is 0. The number of ether oxygens (including phenoxy) is 2. The van der Waals surface area contributed by atoms with Gasteiger partial charge in [-0.3, -0.25) is 0 Å². The van der Waals surface area contributed by atoms with Crippen LogP contribution in [-0.2, 0) is 17.3 Å². The Morgan fingerprint density at radius 3 is 1.35 bits per heavy atom. The number of methoxy groups -OCH3 is 2. The first-order valence-corrected chi connectivity index (χ1v) is 7.13. The molecular weight excluding hydrogens is 272 g/mol. The summed E-state index contributed by atoms with van der Waals surface area (Å²) in [7, 11) is 3.32. The average Bonchev–Trinajstić information content (AvgIpc) is 2.36. The SMILES string of the molecule is COc1c(CS)c(C)c(CS)c(OC)c1CS. The highest BCUT2D eigenvalue weighted by Gasteiger charge is 2.20. The molecule has 0 saturated carbocycles. The first-order chi connectivity index (χ1) is 8.15. The van der Waals surface area contributed by atoms with Gasteiger partial charge in [-0.25, -0.2) is 0 Å². The maximum Gasteiger partial charge on any atom is 0.130 e. The van der Waals surface area contributed by atoms with Crippen LogP contribution in [0.15, 0.2) is 0 Å². The third-order valence-electron chi connectivity index (χ3n) is 2.88. The van der Waals surface area contributed by atoms with Crippen molar-refractivity contribution in [2.75, 3.05) is 14.2 Å². The van der Waals surface area contributed by atoms with Crippen molar-refractivity contribution < 1.29 is 9.47 Å². The van der Waals surface area contributed by atoms with E-state index in [0.717, 1.165) is 33.8 Å². The van der Waals surface area contributed by atoms with Gasteiger partial charge in [0.25, 0.3) is 0 Å². The van der Waals surface area contributed by atoms with Crippen LogP contribution in [0.4, 0.5) is 0 Å². The predicted molar refractivity (Wildman–Crippen MR) is 82.4 cm³/mol. The summed E-state index contributed by atoms with van der Waals surface area (Å²) < 4.78 is 11.0. The molecule has 0 fully saturated rings. The van der Waals surface area contributed by atoms with E-state index < -0.39 is 0 Å². The zero-order valence-electron chi connectivity index (χ0n) is 10.3. The van der Waals surface area contributed by atoms with E-state index in [2.05, 4.69) is 37.9 Å². The summed E-state index contributed by atoms with van der Waals surface area (Å²) in [6.45, 7) is 2.05. The highest BCUT2D eigenvalue weighted by molar-refractivity contribution is 7.79. The van der Waals surface area contributed by atoms with E-state index in [1.165, 1.54) is 0 Å². The van der Waals surface area contributed by atoms with E-state index in [9.17, 15) is 0 Å². The largest absolute Gasteiger partial charge is 0.496 e. The lowest BCUT2D eigenvalue weighted by Gasteiger charge is -2.21. The van der Waals surface area contributed by atoms with Crippen molar-refractivity contribution >= 4 is 37.9 Å². The first-order valence-electron chi connectivity index (χ1n) is 5.23. The van der Waals surface area contributed by atoms with Crippen molar-refractivity contribution in [3.63, 3.8) is 0 Å². The lowest BCUT2D eigenvalue weighted by atomic mass is 9.97. The quantitative estimate of drug-likeness (QED) is 0.723. The van der Waals surface area contributed by atoms with E-state index in [1.807, 2.05) is 6.92 Å². The standard InChI is InChI=1S/C12H18O2S3/c1-7-8(4-15)11(13-2)10(6-17)12(14-3)9(7)5-16/h15-17H,4-6H2,1-3H3. The monoisotopic (exact) mass is 290 g/mol.